The topological polar surface area (TPSA) is 55.1 Å². The monoisotopic (exact) mass is 480 g/mol. The van der Waals surface area contributed by atoms with Crippen LogP contribution in [0.4, 0.5) is 22.7 Å². The van der Waals surface area contributed by atoms with E-state index in [1.54, 1.807) is 12.1 Å². The molecule has 0 bridgehead atoms. The summed E-state index contributed by atoms with van der Waals surface area (Å²) in [4.78, 5) is 17.2. The van der Waals surface area contributed by atoms with Crippen molar-refractivity contribution in [3.63, 3.8) is 0 Å². The van der Waals surface area contributed by atoms with Crippen molar-refractivity contribution in [2.75, 3.05) is 5.32 Å². The molecule has 164 valence electrons. The van der Waals surface area contributed by atoms with E-state index in [1.165, 1.54) is 42.6 Å². The van der Waals surface area contributed by atoms with Crippen molar-refractivity contribution in [2.24, 2.45) is 0 Å². The van der Waals surface area contributed by atoms with Crippen molar-refractivity contribution >= 4 is 34.0 Å². The van der Waals surface area contributed by atoms with Crippen LogP contribution >= 0.6 is 22.9 Å². The molecule has 10 heteroatoms. The third-order valence-electron chi connectivity index (χ3n) is 4.46. The van der Waals surface area contributed by atoms with Crippen molar-refractivity contribution in [1.29, 1.82) is 0 Å². The van der Waals surface area contributed by atoms with Crippen LogP contribution < -0.4 is 5.32 Å². The van der Waals surface area contributed by atoms with Gasteiger partial charge in [-0.2, -0.15) is 13.2 Å². The molecule has 2 aromatic carbocycles. The Morgan fingerprint density at radius 3 is 2.66 bits per heavy atom. The molecule has 0 radical (unpaired) electrons. The van der Waals surface area contributed by atoms with Crippen LogP contribution in [-0.2, 0) is 12.6 Å². The Balaban J connectivity index is 1.45. The van der Waals surface area contributed by atoms with E-state index >= 15 is 0 Å². The molecule has 0 saturated carbocycles. The van der Waals surface area contributed by atoms with Gasteiger partial charge >= 0.3 is 6.18 Å². The van der Waals surface area contributed by atoms with Crippen LogP contribution in [0.25, 0.3) is 11.3 Å². The number of aromatic nitrogens is 1. The van der Waals surface area contributed by atoms with E-state index in [9.17, 15) is 22.4 Å². The Kier molecular flexibility index (Phi) is 6.03. The number of carbonyl (C=O) groups is 1. The first-order chi connectivity index (χ1) is 15.2. The first-order valence-electron chi connectivity index (χ1n) is 9.17. The molecule has 0 unspecified atom stereocenters. The summed E-state index contributed by atoms with van der Waals surface area (Å²) < 4.78 is 58.4. The standard InChI is InChI=1S/C22H13ClF4N2O2S/c23-16-6-5-12(10-15(16)22(25,26)27)9-13-11-28-21(32-13)29-20(30)19-8-7-18(31-19)14-3-1-2-4-17(14)24/h1-8,10-11H,9H2,(H,28,29,30). The molecule has 1 N–H and O–H groups in total. The number of hydrogen-bond donors (Lipinski definition) is 1. The summed E-state index contributed by atoms with van der Waals surface area (Å²) in [7, 11) is 0. The number of alkyl halides is 3. The van der Waals surface area contributed by atoms with Crippen molar-refractivity contribution < 1.29 is 26.8 Å². The minimum Gasteiger partial charge on any atom is -0.451 e. The zero-order valence-electron chi connectivity index (χ0n) is 16.0. The maximum absolute atomic E-state index is 13.9. The van der Waals surface area contributed by atoms with Gasteiger partial charge in [-0.1, -0.05) is 29.8 Å². The number of hydrogen-bond acceptors (Lipinski definition) is 4. The zero-order chi connectivity index (χ0) is 22.9. The van der Waals surface area contributed by atoms with Crippen molar-refractivity contribution in [2.45, 2.75) is 12.6 Å². The molecule has 0 aliphatic carbocycles. The average Bonchev–Trinajstić information content (AvgIpc) is 3.39. The molecule has 1 amide bonds. The first kappa shape index (κ1) is 22.0. The minimum atomic E-state index is -4.55. The average molecular weight is 481 g/mol. The Hall–Kier alpha value is -3.17. The Bertz CT molecular complexity index is 1280. The van der Waals surface area contributed by atoms with E-state index in [0.717, 1.165) is 17.4 Å². The molecule has 0 atom stereocenters. The summed E-state index contributed by atoms with van der Waals surface area (Å²) in [5.41, 5.74) is -0.272. The van der Waals surface area contributed by atoms with Gasteiger partial charge in [-0.25, -0.2) is 9.37 Å². The van der Waals surface area contributed by atoms with Crippen LogP contribution in [0, 0.1) is 5.82 Å². The zero-order valence-corrected chi connectivity index (χ0v) is 17.6. The highest BCUT2D eigenvalue weighted by molar-refractivity contribution is 7.15. The van der Waals surface area contributed by atoms with E-state index < -0.39 is 23.5 Å². The molecule has 0 aliphatic rings. The SMILES string of the molecule is O=C(Nc1ncc(Cc2ccc(Cl)c(C(F)(F)F)c2)s1)c1ccc(-c2ccccc2F)o1. The van der Waals surface area contributed by atoms with E-state index in [2.05, 4.69) is 10.3 Å². The van der Waals surface area contributed by atoms with E-state index in [4.69, 9.17) is 16.0 Å². The van der Waals surface area contributed by atoms with Crippen molar-refractivity contribution in [3.8, 4) is 11.3 Å². The second-order valence-corrected chi connectivity index (χ2v) is 8.24. The quantitative estimate of drug-likeness (QED) is 0.311. The molecule has 0 fully saturated rings. The summed E-state index contributed by atoms with van der Waals surface area (Å²) in [5, 5.41) is 2.45. The highest BCUT2D eigenvalue weighted by Crippen LogP contribution is 2.36. The lowest BCUT2D eigenvalue weighted by molar-refractivity contribution is -0.137. The fourth-order valence-electron chi connectivity index (χ4n) is 2.97. The van der Waals surface area contributed by atoms with Crippen LogP contribution in [0.15, 0.2) is 65.2 Å². The third kappa shape index (κ3) is 4.84. The Labute approximate surface area is 188 Å². The molecule has 4 nitrogen and oxygen atoms in total. The van der Waals surface area contributed by atoms with Crippen LogP contribution in [0.1, 0.15) is 26.6 Å². The molecule has 2 heterocycles. The lowest BCUT2D eigenvalue weighted by atomic mass is 10.1. The number of rotatable bonds is 5. The van der Waals surface area contributed by atoms with Gasteiger partial charge in [0.2, 0.25) is 0 Å². The molecular formula is C22H13ClF4N2O2S. The molecule has 4 rings (SSSR count). The number of anilines is 1. The van der Waals surface area contributed by atoms with Gasteiger partial charge in [0.15, 0.2) is 10.9 Å². The molecule has 4 aromatic rings. The van der Waals surface area contributed by atoms with Crippen LogP contribution in [0.5, 0.6) is 0 Å². The molecule has 0 saturated heterocycles. The van der Waals surface area contributed by atoms with Crippen molar-refractivity contribution in [3.05, 3.63) is 93.4 Å². The van der Waals surface area contributed by atoms with Gasteiger partial charge in [0, 0.05) is 17.5 Å². The third-order valence-corrected chi connectivity index (χ3v) is 5.70. The van der Waals surface area contributed by atoms with Gasteiger partial charge < -0.3 is 4.42 Å². The fraction of sp³-hybridized carbons (Fsp3) is 0.0909. The van der Waals surface area contributed by atoms with Gasteiger partial charge in [-0.3, -0.25) is 10.1 Å². The smallest absolute Gasteiger partial charge is 0.417 e. The summed E-state index contributed by atoms with van der Waals surface area (Å²) >= 11 is 6.76. The van der Waals surface area contributed by atoms with Crippen LogP contribution in [0.3, 0.4) is 0 Å². The van der Waals surface area contributed by atoms with Gasteiger partial charge in [-0.05, 0) is 42.0 Å². The second-order valence-electron chi connectivity index (χ2n) is 6.72. The first-order valence-corrected chi connectivity index (χ1v) is 10.4. The Morgan fingerprint density at radius 1 is 1.12 bits per heavy atom. The maximum atomic E-state index is 13.9. The van der Waals surface area contributed by atoms with Gasteiger partial charge in [0.05, 0.1) is 16.1 Å². The maximum Gasteiger partial charge on any atom is 0.417 e. The number of benzene rings is 2. The van der Waals surface area contributed by atoms with E-state index in [1.807, 2.05) is 0 Å². The van der Waals surface area contributed by atoms with Gasteiger partial charge in [0.25, 0.3) is 5.91 Å². The normalized spacial score (nSPS) is 11.5. The number of amides is 1. The predicted octanol–water partition coefficient (Wildman–Crippen LogP) is 7.06. The predicted molar refractivity (Wildman–Crippen MR) is 113 cm³/mol. The number of nitrogens with zero attached hydrogens (tertiary/aromatic N) is 1. The lowest BCUT2D eigenvalue weighted by Crippen LogP contribution is -2.10. The number of thiazole rings is 1. The van der Waals surface area contributed by atoms with Gasteiger partial charge in [-0.15, -0.1) is 11.3 Å². The largest absolute Gasteiger partial charge is 0.451 e. The van der Waals surface area contributed by atoms with Crippen LogP contribution in [-0.4, -0.2) is 10.9 Å². The summed E-state index contributed by atoms with van der Waals surface area (Å²) in [5.74, 6) is -0.891. The minimum absolute atomic E-state index is 0.0347. The highest BCUT2D eigenvalue weighted by atomic mass is 35.5. The molecule has 2 aromatic heterocycles. The summed E-state index contributed by atoms with van der Waals surface area (Å²) in [6.45, 7) is 0. The lowest BCUT2D eigenvalue weighted by Gasteiger charge is -2.10. The summed E-state index contributed by atoms with van der Waals surface area (Å²) in [6, 6.07) is 12.6. The summed E-state index contributed by atoms with van der Waals surface area (Å²) in [6.07, 6.45) is -2.90. The van der Waals surface area contributed by atoms with Crippen molar-refractivity contribution in [1.82, 2.24) is 4.98 Å². The number of nitrogens with one attached hydrogen (secondary N) is 1. The molecular weight excluding hydrogens is 468 g/mol. The van der Waals surface area contributed by atoms with E-state index in [0.29, 0.717) is 10.4 Å². The fourth-order valence-corrected chi connectivity index (χ4v) is 4.04. The van der Waals surface area contributed by atoms with Crippen LogP contribution in [0.2, 0.25) is 5.02 Å². The molecule has 0 aliphatic heterocycles. The number of halogens is 5. The van der Waals surface area contributed by atoms with E-state index in [-0.39, 0.29) is 33.7 Å². The highest BCUT2D eigenvalue weighted by Gasteiger charge is 2.33. The second kappa shape index (κ2) is 8.76. The molecule has 0 spiro atoms. The Morgan fingerprint density at radius 2 is 1.91 bits per heavy atom. The number of carbonyl (C=O) groups excluding carboxylic acids is 1. The number of furan rings is 1. The molecule has 32 heavy (non-hydrogen) atoms. The van der Waals surface area contributed by atoms with Gasteiger partial charge in [0.1, 0.15) is 11.6 Å².